The van der Waals surface area contributed by atoms with Crippen molar-refractivity contribution in [3.63, 3.8) is 0 Å². The molecule has 5 N–H and O–H groups in total. The zero-order valence-electron chi connectivity index (χ0n) is 20.7. The van der Waals surface area contributed by atoms with Crippen LogP contribution in [0.2, 0.25) is 0 Å². The zero-order chi connectivity index (χ0) is 25.9. The summed E-state index contributed by atoms with van der Waals surface area (Å²) >= 11 is 0. The van der Waals surface area contributed by atoms with Crippen LogP contribution in [0.3, 0.4) is 0 Å². The van der Waals surface area contributed by atoms with E-state index in [1.165, 1.54) is 6.92 Å². The van der Waals surface area contributed by atoms with Crippen LogP contribution in [-0.2, 0) is 23.8 Å². The van der Waals surface area contributed by atoms with Crippen molar-refractivity contribution in [2.45, 2.75) is 89.4 Å². The van der Waals surface area contributed by atoms with E-state index in [0.717, 1.165) is 5.57 Å². The Morgan fingerprint density at radius 2 is 1.94 bits per heavy atom. The lowest BCUT2D eigenvalue weighted by molar-refractivity contribution is -0.345. The summed E-state index contributed by atoms with van der Waals surface area (Å²) in [6, 6.07) is 0. The number of carbonyl (C=O) groups excluding carboxylic acids is 2. The molecule has 0 aromatic rings. The number of aliphatic hydroxyl groups excluding tert-OH is 3. The maximum atomic E-state index is 13.3. The number of rotatable bonds is 3. The molecule has 0 aromatic carbocycles. The SMILES string of the molecule is CCC(C)(O)C(=O)OC1C(=O)OC2CC3C(C)=C[C@H](O)[C@@H](O)C3(C)C3C24CO[C@]3(O)[C@H](O)C(C)C14. The van der Waals surface area contributed by atoms with Gasteiger partial charge in [0.15, 0.2) is 11.4 Å². The van der Waals surface area contributed by atoms with Crippen molar-refractivity contribution in [2.75, 3.05) is 6.61 Å². The van der Waals surface area contributed by atoms with Gasteiger partial charge in [-0.3, -0.25) is 0 Å². The van der Waals surface area contributed by atoms with E-state index in [4.69, 9.17) is 14.2 Å². The second kappa shape index (κ2) is 7.49. The average molecular weight is 497 g/mol. The van der Waals surface area contributed by atoms with Crippen LogP contribution in [0.5, 0.6) is 0 Å². The van der Waals surface area contributed by atoms with E-state index in [2.05, 4.69) is 0 Å². The van der Waals surface area contributed by atoms with Crippen LogP contribution in [0, 0.1) is 34.5 Å². The number of esters is 2. The lowest BCUT2D eigenvalue weighted by Crippen LogP contribution is -2.78. The van der Waals surface area contributed by atoms with Crippen molar-refractivity contribution in [2.24, 2.45) is 34.5 Å². The molecular formula is C25H36O10. The van der Waals surface area contributed by atoms with E-state index in [-0.39, 0.29) is 18.9 Å². The first-order valence-electron chi connectivity index (χ1n) is 12.4. The van der Waals surface area contributed by atoms with Crippen LogP contribution >= 0.6 is 0 Å². The van der Waals surface area contributed by atoms with Gasteiger partial charge in [-0.25, -0.2) is 9.59 Å². The smallest absolute Gasteiger partial charge is 0.348 e. The van der Waals surface area contributed by atoms with Gasteiger partial charge in [0.25, 0.3) is 0 Å². The summed E-state index contributed by atoms with van der Waals surface area (Å²) in [6.45, 7) is 8.06. The lowest BCUT2D eigenvalue weighted by atomic mass is 9.38. The molecule has 4 fully saturated rings. The minimum Gasteiger partial charge on any atom is -0.459 e. The largest absolute Gasteiger partial charge is 0.459 e. The van der Waals surface area contributed by atoms with E-state index in [1.807, 2.05) is 6.92 Å². The summed E-state index contributed by atoms with van der Waals surface area (Å²) in [7, 11) is 0. The fourth-order valence-corrected chi connectivity index (χ4v) is 8.28. The van der Waals surface area contributed by atoms with Crippen molar-refractivity contribution >= 4 is 11.9 Å². The van der Waals surface area contributed by atoms with Crippen LogP contribution in [0.25, 0.3) is 0 Å². The van der Waals surface area contributed by atoms with Crippen molar-refractivity contribution in [1.29, 1.82) is 0 Å². The van der Waals surface area contributed by atoms with Crippen LogP contribution in [0.1, 0.15) is 47.5 Å². The Morgan fingerprint density at radius 1 is 1.29 bits per heavy atom. The third kappa shape index (κ3) is 2.86. The predicted octanol–water partition coefficient (Wildman–Crippen LogP) is -0.359. The fraction of sp³-hybridized carbons (Fsp3) is 0.840. The topological polar surface area (TPSA) is 163 Å². The molecule has 10 heteroatoms. The standard InChI is InChI=1S/C25H36O10/c1-6-22(4,31)21(30)35-16-15-11(3)17(27)25(32)20-23(5)12(10(2)7-13(26)18(23)28)8-14(34-19(16)29)24(15,20)9-33-25/h7,11-18,20,26-28,31-32H,6,8-9H2,1-5H3/t11?,12?,13-,14?,15?,16?,17+,18+,20?,22?,23?,24?,25+/m0/s1. The molecule has 2 saturated carbocycles. The first-order valence-corrected chi connectivity index (χ1v) is 12.4. The first-order chi connectivity index (χ1) is 16.2. The van der Waals surface area contributed by atoms with E-state index in [9.17, 15) is 35.1 Å². The summed E-state index contributed by atoms with van der Waals surface area (Å²) in [5.41, 5.74) is -3.29. The Bertz CT molecular complexity index is 977. The Balaban J connectivity index is 1.68. The number of fused-ring (bicyclic) bond motifs is 1. The van der Waals surface area contributed by atoms with Crippen LogP contribution in [0.4, 0.5) is 0 Å². The predicted molar refractivity (Wildman–Crippen MR) is 118 cm³/mol. The minimum absolute atomic E-state index is 0.0607. The molecule has 10 nitrogen and oxygen atoms in total. The van der Waals surface area contributed by atoms with Gasteiger partial charge in [0, 0.05) is 22.7 Å². The highest BCUT2D eigenvalue weighted by Crippen LogP contribution is 2.74. The number of aliphatic hydroxyl groups is 5. The summed E-state index contributed by atoms with van der Waals surface area (Å²) in [6.07, 6.45) is -4.18. The number of ether oxygens (including phenoxy) is 3. The maximum Gasteiger partial charge on any atom is 0.348 e. The molecule has 0 radical (unpaired) electrons. The van der Waals surface area contributed by atoms with Gasteiger partial charge in [-0.1, -0.05) is 32.4 Å². The Kier molecular flexibility index (Phi) is 5.37. The van der Waals surface area contributed by atoms with E-state index < -0.39 is 82.4 Å². The molecule has 2 aliphatic heterocycles. The van der Waals surface area contributed by atoms with E-state index in [1.54, 1.807) is 26.8 Å². The highest BCUT2D eigenvalue weighted by Gasteiger charge is 2.83. The monoisotopic (exact) mass is 496 g/mol. The molecule has 5 rings (SSSR count). The van der Waals surface area contributed by atoms with E-state index in [0.29, 0.717) is 6.42 Å². The van der Waals surface area contributed by atoms with Crippen molar-refractivity contribution < 1.29 is 49.3 Å². The van der Waals surface area contributed by atoms with Gasteiger partial charge in [0.1, 0.15) is 12.2 Å². The number of hydrogen-bond donors (Lipinski definition) is 5. The molecule has 1 spiro atoms. The third-order valence-electron chi connectivity index (χ3n) is 10.2. The Hall–Kier alpha value is -1.56. The van der Waals surface area contributed by atoms with Crippen molar-refractivity contribution in [1.82, 2.24) is 0 Å². The van der Waals surface area contributed by atoms with Crippen LogP contribution in [-0.4, -0.2) is 86.0 Å². The molecular weight excluding hydrogens is 460 g/mol. The second-order valence-corrected chi connectivity index (χ2v) is 11.8. The number of hydrogen-bond acceptors (Lipinski definition) is 10. The Morgan fingerprint density at radius 3 is 2.57 bits per heavy atom. The van der Waals surface area contributed by atoms with Gasteiger partial charge >= 0.3 is 11.9 Å². The molecule has 3 aliphatic carbocycles. The molecule has 35 heavy (non-hydrogen) atoms. The lowest BCUT2D eigenvalue weighted by Gasteiger charge is -2.68. The van der Waals surface area contributed by atoms with Gasteiger partial charge in [0.2, 0.25) is 6.10 Å². The first kappa shape index (κ1) is 25.1. The third-order valence-corrected chi connectivity index (χ3v) is 10.2. The quantitative estimate of drug-likeness (QED) is 0.258. The maximum absolute atomic E-state index is 13.3. The highest BCUT2D eigenvalue weighted by atomic mass is 16.7. The zero-order valence-corrected chi connectivity index (χ0v) is 20.7. The Labute approximate surface area is 203 Å². The van der Waals surface area contributed by atoms with Crippen molar-refractivity contribution in [3.05, 3.63) is 11.6 Å². The van der Waals surface area contributed by atoms with Crippen molar-refractivity contribution in [3.8, 4) is 0 Å². The van der Waals surface area contributed by atoms with Gasteiger partial charge in [-0.05, 0) is 38.5 Å². The van der Waals surface area contributed by atoms with Gasteiger partial charge in [-0.15, -0.1) is 0 Å². The molecule has 0 amide bonds. The molecule has 13 atom stereocenters. The summed E-state index contributed by atoms with van der Waals surface area (Å²) in [5.74, 6) is -6.72. The molecule has 2 bridgehead atoms. The molecule has 5 aliphatic rings. The second-order valence-electron chi connectivity index (χ2n) is 11.8. The normalized spacial score (nSPS) is 54.1. The number of allylic oxidation sites excluding steroid dienone is 1. The van der Waals surface area contributed by atoms with E-state index >= 15 is 0 Å². The average Bonchev–Trinajstić information content (AvgIpc) is 3.08. The molecule has 2 saturated heterocycles. The van der Waals surface area contributed by atoms with Gasteiger partial charge in [0.05, 0.1) is 18.8 Å². The summed E-state index contributed by atoms with van der Waals surface area (Å²) in [5, 5.41) is 55.6. The summed E-state index contributed by atoms with van der Waals surface area (Å²) < 4.78 is 17.4. The van der Waals surface area contributed by atoms with Gasteiger partial charge < -0.3 is 39.7 Å². The van der Waals surface area contributed by atoms with Gasteiger partial charge in [-0.2, -0.15) is 0 Å². The number of carbonyl (C=O) groups is 2. The molecule has 196 valence electrons. The fourth-order valence-electron chi connectivity index (χ4n) is 8.28. The summed E-state index contributed by atoms with van der Waals surface area (Å²) in [4.78, 5) is 26.1. The molecule has 9 unspecified atom stereocenters. The highest BCUT2D eigenvalue weighted by molar-refractivity contribution is 5.84. The van der Waals surface area contributed by atoms with Crippen LogP contribution < -0.4 is 0 Å². The minimum atomic E-state index is -2.08. The van der Waals surface area contributed by atoms with Crippen LogP contribution in [0.15, 0.2) is 11.6 Å². The molecule has 2 heterocycles. The molecule has 0 aromatic heterocycles.